The molecule has 0 radical (unpaired) electrons. The van der Waals surface area contributed by atoms with Crippen LogP contribution in [0.1, 0.15) is 50.2 Å². The van der Waals surface area contributed by atoms with Crippen LogP contribution in [0.2, 0.25) is 0 Å². The van der Waals surface area contributed by atoms with E-state index in [4.69, 9.17) is 9.84 Å². The fourth-order valence-electron chi connectivity index (χ4n) is 4.27. The van der Waals surface area contributed by atoms with E-state index >= 15 is 0 Å². The number of fused-ring (bicyclic) bond motifs is 3. The van der Waals surface area contributed by atoms with Gasteiger partial charge < -0.3 is 20.1 Å². The first-order valence-corrected chi connectivity index (χ1v) is 11.4. The summed E-state index contributed by atoms with van der Waals surface area (Å²) in [7, 11) is 1.62. The van der Waals surface area contributed by atoms with Crippen molar-refractivity contribution in [3.63, 3.8) is 0 Å². The van der Waals surface area contributed by atoms with E-state index in [1.807, 2.05) is 38.1 Å². The van der Waals surface area contributed by atoms with Gasteiger partial charge in [0.25, 0.3) is 0 Å². The smallest absolute Gasteiger partial charge is 0.407 e. The molecule has 2 N–H and O–H groups in total. The average Bonchev–Trinajstić information content (AvgIpc) is 3.13. The normalized spacial score (nSPS) is 14.0. The fourth-order valence-corrected chi connectivity index (χ4v) is 4.27. The number of hydrogen-bond acceptors (Lipinski definition) is 4. The molecule has 0 aliphatic heterocycles. The minimum atomic E-state index is -0.897. The summed E-state index contributed by atoms with van der Waals surface area (Å²) in [5, 5.41) is 11.6. The Labute approximate surface area is 194 Å². The Morgan fingerprint density at radius 1 is 1.06 bits per heavy atom. The summed E-state index contributed by atoms with van der Waals surface area (Å²) in [5.74, 6) is -1.30. The topological polar surface area (TPSA) is 95.9 Å². The van der Waals surface area contributed by atoms with Crippen LogP contribution in [0.4, 0.5) is 4.79 Å². The van der Waals surface area contributed by atoms with Gasteiger partial charge in [0.15, 0.2) is 0 Å². The van der Waals surface area contributed by atoms with Gasteiger partial charge in [0.05, 0.1) is 0 Å². The predicted octanol–water partition coefficient (Wildman–Crippen LogP) is 4.26. The molecule has 0 aromatic heterocycles. The van der Waals surface area contributed by atoms with Gasteiger partial charge in [-0.3, -0.25) is 9.59 Å². The number of nitrogens with zero attached hydrogens (tertiary/aromatic N) is 1. The van der Waals surface area contributed by atoms with Gasteiger partial charge >= 0.3 is 12.1 Å². The van der Waals surface area contributed by atoms with Crippen molar-refractivity contribution in [3.05, 3.63) is 59.7 Å². The van der Waals surface area contributed by atoms with Crippen LogP contribution < -0.4 is 5.32 Å². The van der Waals surface area contributed by atoms with Gasteiger partial charge in [0.1, 0.15) is 12.6 Å². The molecule has 0 spiro atoms. The molecule has 0 saturated carbocycles. The zero-order valence-corrected chi connectivity index (χ0v) is 19.4. The Bertz CT molecular complexity index is 960. The lowest BCUT2D eigenvalue weighted by atomic mass is 9.97. The van der Waals surface area contributed by atoms with Gasteiger partial charge in [0, 0.05) is 25.9 Å². The van der Waals surface area contributed by atoms with Crippen LogP contribution in [0.3, 0.4) is 0 Å². The molecule has 33 heavy (non-hydrogen) atoms. The molecule has 1 aliphatic carbocycles. The van der Waals surface area contributed by atoms with Gasteiger partial charge in [-0.15, -0.1) is 0 Å². The second kappa shape index (κ2) is 11.0. The Kier molecular flexibility index (Phi) is 8.09. The molecular formula is C26H32N2O5. The van der Waals surface area contributed by atoms with Crippen molar-refractivity contribution in [2.45, 2.75) is 45.1 Å². The predicted molar refractivity (Wildman–Crippen MR) is 126 cm³/mol. The minimum Gasteiger partial charge on any atom is -0.481 e. The van der Waals surface area contributed by atoms with E-state index in [0.717, 1.165) is 22.3 Å². The van der Waals surface area contributed by atoms with E-state index < -0.39 is 18.1 Å². The molecule has 7 heteroatoms. The monoisotopic (exact) mass is 452 g/mol. The highest BCUT2D eigenvalue weighted by molar-refractivity contribution is 5.86. The van der Waals surface area contributed by atoms with Crippen molar-refractivity contribution in [1.29, 1.82) is 0 Å². The highest BCUT2D eigenvalue weighted by Gasteiger charge is 2.31. The maximum Gasteiger partial charge on any atom is 0.407 e. The largest absolute Gasteiger partial charge is 0.481 e. The van der Waals surface area contributed by atoms with Gasteiger partial charge in [-0.05, 0) is 34.6 Å². The van der Waals surface area contributed by atoms with E-state index in [1.165, 1.54) is 4.90 Å². The Balaban J connectivity index is 1.64. The van der Waals surface area contributed by atoms with Crippen molar-refractivity contribution >= 4 is 18.0 Å². The number of nitrogens with one attached hydrogen (secondary N) is 1. The number of carboxylic acids is 1. The first-order valence-electron chi connectivity index (χ1n) is 11.4. The lowest BCUT2D eigenvalue weighted by molar-refractivity contribution is -0.138. The number of aliphatic carboxylic acids is 1. The SMILES string of the molecule is CC[C@H](C)[C@H](NC(=O)OCC1c2ccccc2-c2ccccc21)C(=O)N(C)CCCC(=O)O. The number of alkyl carbamates (subject to hydrolysis) is 1. The maximum absolute atomic E-state index is 13.0. The van der Waals surface area contributed by atoms with E-state index in [9.17, 15) is 14.4 Å². The highest BCUT2D eigenvalue weighted by atomic mass is 16.5. The molecule has 3 rings (SSSR count). The third-order valence-electron chi connectivity index (χ3n) is 6.36. The minimum absolute atomic E-state index is 0.00851. The van der Waals surface area contributed by atoms with E-state index in [2.05, 4.69) is 29.6 Å². The summed E-state index contributed by atoms with van der Waals surface area (Å²) in [5.41, 5.74) is 4.55. The standard InChI is InChI=1S/C26H32N2O5/c1-4-17(2)24(25(31)28(3)15-9-14-23(29)30)27-26(32)33-16-22-20-12-7-5-10-18(20)19-11-6-8-13-21(19)22/h5-8,10-13,17,22,24H,4,9,14-16H2,1-3H3,(H,27,32)(H,29,30)/t17-,24-/m0/s1. The molecule has 2 amide bonds. The van der Waals surface area contributed by atoms with E-state index in [0.29, 0.717) is 19.4 Å². The van der Waals surface area contributed by atoms with Crippen molar-refractivity contribution in [3.8, 4) is 11.1 Å². The average molecular weight is 453 g/mol. The molecule has 0 saturated heterocycles. The van der Waals surface area contributed by atoms with Crippen LogP contribution in [0.15, 0.2) is 48.5 Å². The maximum atomic E-state index is 13.0. The van der Waals surface area contributed by atoms with Gasteiger partial charge in [-0.1, -0.05) is 68.8 Å². The molecule has 0 fully saturated rings. The molecule has 2 aromatic carbocycles. The first-order chi connectivity index (χ1) is 15.8. The summed E-state index contributed by atoms with van der Waals surface area (Å²) in [4.78, 5) is 37.9. The molecule has 2 atom stereocenters. The number of rotatable bonds is 10. The first kappa shape index (κ1) is 24.3. The van der Waals surface area contributed by atoms with Crippen LogP contribution in [-0.2, 0) is 14.3 Å². The zero-order chi connectivity index (χ0) is 24.0. The van der Waals surface area contributed by atoms with Crippen LogP contribution in [0.25, 0.3) is 11.1 Å². The summed E-state index contributed by atoms with van der Waals surface area (Å²) in [6.45, 7) is 4.34. The van der Waals surface area contributed by atoms with E-state index in [-0.39, 0.29) is 30.8 Å². The lowest BCUT2D eigenvalue weighted by Gasteiger charge is -2.28. The third-order valence-corrected chi connectivity index (χ3v) is 6.36. The van der Waals surface area contributed by atoms with Crippen LogP contribution in [-0.4, -0.2) is 54.2 Å². The number of benzene rings is 2. The highest BCUT2D eigenvalue weighted by Crippen LogP contribution is 2.44. The second-order valence-electron chi connectivity index (χ2n) is 8.59. The lowest BCUT2D eigenvalue weighted by Crippen LogP contribution is -2.51. The molecule has 176 valence electrons. The quantitative estimate of drug-likeness (QED) is 0.561. The molecule has 0 bridgehead atoms. The summed E-state index contributed by atoms with van der Waals surface area (Å²) >= 11 is 0. The number of carbonyl (C=O) groups is 3. The van der Waals surface area contributed by atoms with Gasteiger partial charge in [-0.2, -0.15) is 0 Å². The van der Waals surface area contributed by atoms with Crippen LogP contribution in [0, 0.1) is 5.92 Å². The van der Waals surface area contributed by atoms with E-state index in [1.54, 1.807) is 7.05 Å². The molecule has 1 aliphatic rings. The Hall–Kier alpha value is -3.35. The molecule has 0 unspecified atom stereocenters. The van der Waals surface area contributed by atoms with Crippen molar-refractivity contribution in [2.75, 3.05) is 20.2 Å². The summed E-state index contributed by atoms with van der Waals surface area (Å²) in [6, 6.07) is 15.5. The van der Waals surface area contributed by atoms with Crippen molar-refractivity contribution in [2.24, 2.45) is 5.92 Å². The Morgan fingerprint density at radius 3 is 2.18 bits per heavy atom. The number of ether oxygens (including phenoxy) is 1. The third kappa shape index (κ3) is 5.72. The fraction of sp³-hybridized carbons (Fsp3) is 0.423. The number of carbonyl (C=O) groups excluding carboxylic acids is 2. The summed E-state index contributed by atoms with van der Waals surface area (Å²) < 4.78 is 5.61. The molecular weight excluding hydrogens is 420 g/mol. The molecule has 2 aromatic rings. The number of amides is 2. The van der Waals surface area contributed by atoms with Crippen molar-refractivity contribution in [1.82, 2.24) is 10.2 Å². The van der Waals surface area contributed by atoms with Crippen molar-refractivity contribution < 1.29 is 24.2 Å². The van der Waals surface area contributed by atoms with Crippen LogP contribution >= 0.6 is 0 Å². The zero-order valence-electron chi connectivity index (χ0n) is 19.4. The number of hydrogen-bond donors (Lipinski definition) is 2. The van der Waals surface area contributed by atoms with Crippen LogP contribution in [0.5, 0.6) is 0 Å². The number of likely N-dealkylation sites (N-methyl/N-ethyl adjacent to an activating group) is 1. The summed E-state index contributed by atoms with van der Waals surface area (Å²) in [6.07, 6.45) is 0.416. The number of carboxylic acid groups (broad SMARTS) is 1. The van der Waals surface area contributed by atoms with Gasteiger partial charge in [0.2, 0.25) is 5.91 Å². The van der Waals surface area contributed by atoms with Gasteiger partial charge in [-0.25, -0.2) is 4.79 Å². The second-order valence-corrected chi connectivity index (χ2v) is 8.59. The Morgan fingerprint density at radius 2 is 1.64 bits per heavy atom. The molecule has 0 heterocycles. The molecule has 7 nitrogen and oxygen atoms in total.